The number of nitrogens with zero attached hydrogens (tertiary/aromatic N) is 3. The predicted molar refractivity (Wildman–Crippen MR) is 91.4 cm³/mol. The smallest absolute Gasteiger partial charge is 0.127 e. The number of aryl methyl sites for hydroxylation is 1. The lowest BCUT2D eigenvalue weighted by Gasteiger charge is -2.23. The first-order valence-electron chi connectivity index (χ1n) is 7.16. The summed E-state index contributed by atoms with van der Waals surface area (Å²) in [5.41, 5.74) is 2.52. The van der Waals surface area contributed by atoms with Crippen LogP contribution in [0.2, 0.25) is 0 Å². The molecular formula is C16H23BrN4. The van der Waals surface area contributed by atoms with Gasteiger partial charge in [0.2, 0.25) is 0 Å². The average molecular weight is 351 g/mol. The molecule has 4 nitrogen and oxygen atoms in total. The molecule has 1 N–H and O–H groups in total. The molecule has 114 valence electrons. The molecule has 0 radical (unpaired) electrons. The topological polar surface area (TPSA) is 33.1 Å². The standard InChI is InChI=1S/C16H23BrN4/c1-12(2)19-10-13-5-6-14(17)9-15(13)21(4)11-16-18-7-8-20(16)3/h5-9,12,19H,10-11H2,1-4H3. The number of aromatic nitrogens is 2. The summed E-state index contributed by atoms with van der Waals surface area (Å²) < 4.78 is 3.15. The van der Waals surface area contributed by atoms with E-state index in [9.17, 15) is 0 Å². The molecule has 0 aliphatic carbocycles. The van der Waals surface area contributed by atoms with Gasteiger partial charge in [-0.05, 0) is 17.7 Å². The molecule has 0 aliphatic heterocycles. The van der Waals surface area contributed by atoms with Crippen LogP contribution >= 0.6 is 15.9 Å². The summed E-state index contributed by atoms with van der Waals surface area (Å²) in [7, 11) is 4.13. The van der Waals surface area contributed by atoms with Gasteiger partial charge in [-0.15, -0.1) is 0 Å². The van der Waals surface area contributed by atoms with Crippen molar-refractivity contribution < 1.29 is 0 Å². The van der Waals surface area contributed by atoms with Crippen LogP contribution < -0.4 is 10.2 Å². The van der Waals surface area contributed by atoms with Gasteiger partial charge in [0, 0.05) is 49.2 Å². The zero-order valence-electron chi connectivity index (χ0n) is 13.1. The molecule has 1 aromatic carbocycles. The molecule has 0 spiro atoms. The molecule has 1 aromatic heterocycles. The van der Waals surface area contributed by atoms with E-state index in [0.717, 1.165) is 23.4 Å². The molecule has 1 heterocycles. The summed E-state index contributed by atoms with van der Waals surface area (Å²) in [4.78, 5) is 6.64. The third-order valence-corrected chi connectivity index (χ3v) is 3.95. The molecule has 0 saturated carbocycles. The lowest BCUT2D eigenvalue weighted by molar-refractivity contribution is 0.588. The summed E-state index contributed by atoms with van der Waals surface area (Å²) in [5.74, 6) is 1.06. The van der Waals surface area contributed by atoms with Gasteiger partial charge in [0.25, 0.3) is 0 Å². The molecule has 0 saturated heterocycles. The van der Waals surface area contributed by atoms with Gasteiger partial charge < -0.3 is 14.8 Å². The fourth-order valence-electron chi connectivity index (χ4n) is 2.20. The zero-order chi connectivity index (χ0) is 15.4. The van der Waals surface area contributed by atoms with Crippen LogP contribution in [-0.2, 0) is 20.1 Å². The molecule has 0 bridgehead atoms. The Morgan fingerprint density at radius 1 is 1.38 bits per heavy atom. The number of anilines is 1. The van der Waals surface area contributed by atoms with E-state index in [1.54, 1.807) is 0 Å². The van der Waals surface area contributed by atoms with Crippen molar-refractivity contribution in [1.82, 2.24) is 14.9 Å². The summed E-state index contributed by atoms with van der Waals surface area (Å²) in [6, 6.07) is 6.90. The number of rotatable bonds is 6. The lowest BCUT2D eigenvalue weighted by Crippen LogP contribution is -2.25. The number of hydrogen-bond donors (Lipinski definition) is 1. The van der Waals surface area contributed by atoms with Gasteiger partial charge in [-0.25, -0.2) is 4.98 Å². The Labute approximate surface area is 135 Å². The quantitative estimate of drug-likeness (QED) is 0.867. The van der Waals surface area contributed by atoms with Crippen LogP contribution in [0.1, 0.15) is 25.2 Å². The number of hydrogen-bond acceptors (Lipinski definition) is 3. The Bertz CT molecular complexity index is 592. The highest BCUT2D eigenvalue weighted by Crippen LogP contribution is 2.25. The lowest BCUT2D eigenvalue weighted by atomic mass is 10.1. The van der Waals surface area contributed by atoms with Crippen molar-refractivity contribution in [1.29, 1.82) is 0 Å². The number of imidazole rings is 1. The first-order valence-corrected chi connectivity index (χ1v) is 7.96. The van der Waals surface area contributed by atoms with Crippen LogP contribution in [0.25, 0.3) is 0 Å². The van der Waals surface area contributed by atoms with E-state index in [2.05, 4.69) is 74.8 Å². The zero-order valence-corrected chi connectivity index (χ0v) is 14.7. The Kier molecular flexibility index (Phi) is 5.42. The van der Waals surface area contributed by atoms with E-state index in [4.69, 9.17) is 0 Å². The molecule has 0 atom stereocenters. The SMILES string of the molecule is CC(C)NCc1ccc(Br)cc1N(C)Cc1nccn1C. The molecule has 0 amide bonds. The molecular weight excluding hydrogens is 328 g/mol. The van der Waals surface area contributed by atoms with Crippen LogP contribution in [0, 0.1) is 0 Å². The van der Waals surface area contributed by atoms with E-state index in [1.807, 2.05) is 19.4 Å². The van der Waals surface area contributed by atoms with Crippen LogP contribution in [-0.4, -0.2) is 22.6 Å². The third-order valence-electron chi connectivity index (χ3n) is 3.46. The minimum absolute atomic E-state index is 0.473. The van der Waals surface area contributed by atoms with Crippen molar-refractivity contribution in [3.8, 4) is 0 Å². The van der Waals surface area contributed by atoms with Crippen molar-refractivity contribution in [2.45, 2.75) is 33.0 Å². The minimum Gasteiger partial charge on any atom is -0.367 e. The van der Waals surface area contributed by atoms with E-state index in [1.165, 1.54) is 11.3 Å². The molecule has 0 aliphatic rings. The van der Waals surface area contributed by atoms with Gasteiger partial charge >= 0.3 is 0 Å². The van der Waals surface area contributed by atoms with Crippen molar-refractivity contribution in [2.24, 2.45) is 7.05 Å². The summed E-state index contributed by atoms with van der Waals surface area (Å²) in [5, 5.41) is 3.48. The summed E-state index contributed by atoms with van der Waals surface area (Å²) in [6.45, 7) is 5.98. The maximum Gasteiger partial charge on any atom is 0.127 e. The van der Waals surface area contributed by atoms with Gasteiger partial charge in [-0.3, -0.25) is 0 Å². The van der Waals surface area contributed by atoms with Gasteiger partial charge in [0.15, 0.2) is 0 Å². The van der Waals surface area contributed by atoms with Crippen LogP contribution in [0.15, 0.2) is 35.1 Å². The Balaban J connectivity index is 2.20. The second kappa shape index (κ2) is 7.09. The molecule has 21 heavy (non-hydrogen) atoms. The highest BCUT2D eigenvalue weighted by molar-refractivity contribution is 9.10. The molecule has 2 aromatic rings. The van der Waals surface area contributed by atoms with Crippen molar-refractivity contribution in [3.05, 3.63) is 46.5 Å². The van der Waals surface area contributed by atoms with E-state index in [0.29, 0.717) is 6.04 Å². The second-order valence-corrected chi connectivity index (χ2v) is 6.53. The molecule has 5 heteroatoms. The Morgan fingerprint density at radius 3 is 2.76 bits per heavy atom. The van der Waals surface area contributed by atoms with E-state index in [-0.39, 0.29) is 0 Å². The number of benzene rings is 1. The second-order valence-electron chi connectivity index (χ2n) is 5.62. The summed E-state index contributed by atoms with van der Waals surface area (Å²) in [6.07, 6.45) is 3.82. The van der Waals surface area contributed by atoms with Crippen LogP contribution in [0.5, 0.6) is 0 Å². The maximum absolute atomic E-state index is 4.40. The van der Waals surface area contributed by atoms with Gasteiger partial charge in [-0.1, -0.05) is 35.8 Å². The fraction of sp³-hybridized carbons (Fsp3) is 0.438. The maximum atomic E-state index is 4.40. The van der Waals surface area contributed by atoms with Gasteiger partial charge in [-0.2, -0.15) is 0 Å². The Hall–Kier alpha value is -1.33. The summed E-state index contributed by atoms with van der Waals surface area (Å²) >= 11 is 3.57. The largest absolute Gasteiger partial charge is 0.367 e. The third kappa shape index (κ3) is 4.32. The normalized spacial score (nSPS) is 11.1. The van der Waals surface area contributed by atoms with Crippen LogP contribution in [0.3, 0.4) is 0 Å². The van der Waals surface area contributed by atoms with Crippen molar-refractivity contribution >= 4 is 21.6 Å². The monoisotopic (exact) mass is 350 g/mol. The molecule has 0 unspecified atom stereocenters. The average Bonchev–Trinajstić information content (AvgIpc) is 2.82. The van der Waals surface area contributed by atoms with Crippen LogP contribution in [0.4, 0.5) is 5.69 Å². The Morgan fingerprint density at radius 2 is 2.14 bits per heavy atom. The van der Waals surface area contributed by atoms with E-state index < -0.39 is 0 Å². The molecule has 0 fully saturated rings. The highest BCUT2D eigenvalue weighted by Gasteiger charge is 2.11. The number of nitrogens with one attached hydrogen (secondary N) is 1. The predicted octanol–water partition coefficient (Wildman–Crippen LogP) is 3.32. The van der Waals surface area contributed by atoms with Crippen molar-refractivity contribution in [3.63, 3.8) is 0 Å². The first-order chi connectivity index (χ1) is 9.97. The highest BCUT2D eigenvalue weighted by atomic mass is 79.9. The van der Waals surface area contributed by atoms with Crippen molar-refractivity contribution in [2.75, 3.05) is 11.9 Å². The van der Waals surface area contributed by atoms with Gasteiger partial charge in [0.05, 0.1) is 6.54 Å². The molecule has 2 rings (SSSR count). The first kappa shape index (κ1) is 16.0. The minimum atomic E-state index is 0.473. The van der Waals surface area contributed by atoms with E-state index >= 15 is 0 Å². The number of halogens is 1. The fourth-order valence-corrected chi connectivity index (χ4v) is 2.55. The van der Waals surface area contributed by atoms with Gasteiger partial charge in [0.1, 0.15) is 5.82 Å².